The maximum Gasteiger partial charge on any atom is 0.242 e. The van der Waals surface area contributed by atoms with Crippen molar-refractivity contribution in [2.24, 2.45) is 11.8 Å². The van der Waals surface area contributed by atoms with Crippen molar-refractivity contribution in [3.05, 3.63) is 30.1 Å². The Hall–Kier alpha value is -2.37. The number of hydrogen-bond donors (Lipinski definition) is 3. The standard InChI is InChI=1S/C22H32N4O2/c1-15(2)20(26-21(27)16-9-4-3-5-10-16)22(28)23-14-8-13-19-24-17-11-6-7-12-18(17)25-19/h6-7,11-12,15-16,20H,3-5,8-10,13-14H2,1-2H3,(H,23,28)(H,24,25)(H,26,27). The Morgan fingerprint density at radius 1 is 1.18 bits per heavy atom. The monoisotopic (exact) mass is 384 g/mol. The second kappa shape index (κ2) is 9.71. The molecule has 6 nitrogen and oxygen atoms in total. The number of aryl methyl sites for hydroxylation is 1. The van der Waals surface area contributed by atoms with Gasteiger partial charge in [-0.25, -0.2) is 4.98 Å². The van der Waals surface area contributed by atoms with Crippen LogP contribution in [0.5, 0.6) is 0 Å². The Balaban J connectivity index is 1.45. The Labute approximate surface area is 166 Å². The summed E-state index contributed by atoms with van der Waals surface area (Å²) in [6.45, 7) is 4.51. The molecular formula is C22H32N4O2. The van der Waals surface area contributed by atoms with Gasteiger partial charge in [0.05, 0.1) is 11.0 Å². The molecule has 1 saturated carbocycles. The molecule has 1 aliphatic carbocycles. The fraction of sp³-hybridized carbons (Fsp3) is 0.591. The number of fused-ring (bicyclic) bond motifs is 1. The average Bonchev–Trinajstić information content (AvgIpc) is 3.12. The number of amides is 2. The van der Waals surface area contributed by atoms with Crippen molar-refractivity contribution in [3.63, 3.8) is 0 Å². The van der Waals surface area contributed by atoms with E-state index in [1.54, 1.807) is 0 Å². The molecule has 0 bridgehead atoms. The highest BCUT2D eigenvalue weighted by Crippen LogP contribution is 2.24. The van der Waals surface area contributed by atoms with E-state index in [1.807, 2.05) is 38.1 Å². The first-order valence-corrected chi connectivity index (χ1v) is 10.6. The average molecular weight is 385 g/mol. The Morgan fingerprint density at radius 2 is 1.93 bits per heavy atom. The van der Waals surface area contributed by atoms with E-state index in [-0.39, 0.29) is 23.7 Å². The van der Waals surface area contributed by atoms with Gasteiger partial charge in [0.2, 0.25) is 11.8 Å². The summed E-state index contributed by atoms with van der Waals surface area (Å²) in [5.74, 6) is 1.000. The zero-order chi connectivity index (χ0) is 19.9. The first kappa shape index (κ1) is 20.4. The molecule has 1 fully saturated rings. The zero-order valence-electron chi connectivity index (χ0n) is 17.0. The quantitative estimate of drug-likeness (QED) is 0.610. The highest BCUT2D eigenvalue weighted by molar-refractivity contribution is 5.88. The second-order valence-corrected chi connectivity index (χ2v) is 8.16. The Kier molecular flexibility index (Phi) is 7.06. The number of imidazole rings is 1. The third-order valence-corrected chi connectivity index (χ3v) is 5.55. The summed E-state index contributed by atoms with van der Waals surface area (Å²) in [4.78, 5) is 33.0. The fourth-order valence-corrected chi connectivity index (χ4v) is 3.87. The first-order chi connectivity index (χ1) is 13.5. The number of aromatic nitrogens is 2. The van der Waals surface area contributed by atoms with Gasteiger partial charge in [-0.05, 0) is 37.3 Å². The molecule has 1 aromatic carbocycles. The third-order valence-electron chi connectivity index (χ3n) is 5.55. The molecule has 1 unspecified atom stereocenters. The van der Waals surface area contributed by atoms with E-state index in [1.165, 1.54) is 6.42 Å². The molecule has 2 amide bonds. The summed E-state index contributed by atoms with van der Waals surface area (Å²) in [7, 11) is 0. The molecule has 0 radical (unpaired) electrons. The van der Waals surface area contributed by atoms with Crippen LogP contribution in [0.2, 0.25) is 0 Å². The van der Waals surface area contributed by atoms with Crippen LogP contribution in [-0.2, 0) is 16.0 Å². The van der Waals surface area contributed by atoms with Gasteiger partial charge >= 0.3 is 0 Å². The summed E-state index contributed by atoms with van der Waals surface area (Å²) < 4.78 is 0. The molecule has 0 saturated heterocycles. The predicted molar refractivity (Wildman–Crippen MR) is 111 cm³/mol. The number of hydrogen-bond acceptors (Lipinski definition) is 3. The molecule has 0 spiro atoms. The van der Waals surface area contributed by atoms with E-state index in [0.29, 0.717) is 6.54 Å². The van der Waals surface area contributed by atoms with Gasteiger partial charge in [-0.1, -0.05) is 45.2 Å². The Bertz CT molecular complexity index is 760. The second-order valence-electron chi connectivity index (χ2n) is 8.16. The highest BCUT2D eigenvalue weighted by atomic mass is 16.2. The van der Waals surface area contributed by atoms with E-state index in [2.05, 4.69) is 20.6 Å². The SMILES string of the molecule is CC(C)C(NC(=O)C1CCCCC1)C(=O)NCCCc1nc2ccccc2[nH]1. The van der Waals surface area contributed by atoms with Crippen molar-refractivity contribution in [1.29, 1.82) is 0 Å². The van der Waals surface area contributed by atoms with Crippen molar-refractivity contribution in [2.45, 2.75) is 64.8 Å². The van der Waals surface area contributed by atoms with Crippen molar-refractivity contribution in [2.75, 3.05) is 6.54 Å². The minimum absolute atomic E-state index is 0.0378. The lowest BCUT2D eigenvalue weighted by Gasteiger charge is -2.26. The first-order valence-electron chi connectivity index (χ1n) is 10.6. The molecule has 28 heavy (non-hydrogen) atoms. The van der Waals surface area contributed by atoms with Crippen LogP contribution in [0, 0.1) is 11.8 Å². The van der Waals surface area contributed by atoms with Gasteiger partial charge < -0.3 is 15.6 Å². The third kappa shape index (κ3) is 5.33. The van der Waals surface area contributed by atoms with Crippen LogP contribution < -0.4 is 10.6 Å². The van der Waals surface area contributed by atoms with Gasteiger partial charge in [-0.2, -0.15) is 0 Å². The van der Waals surface area contributed by atoms with Crippen molar-refractivity contribution < 1.29 is 9.59 Å². The summed E-state index contributed by atoms with van der Waals surface area (Å²) >= 11 is 0. The normalized spacial score (nSPS) is 16.2. The van der Waals surface area contributed by atoms with Crippen LogP contribution in [0.1, 0.15) is 58.2 Å². The van der Waals surface area contributed by atoms with E-state index < -0.39 is 6.04 Å². The van der Waals surface area contributed by atoms with E-state index in [9.17, 15) is 9.59 Å². The number of para-hydroxylation sites is 2. The largest absolute Gasteiger partial charge is 0.354 e. The van der Waals surface area contributed by atoms with Crippen molar-refractivity contribution in [3.8, 4) is 0 Å². The van der Waals surface area contributed by atoms with E-state index in [4.69, 9.17) is 0 Å². The van der Waals surface area contributed by atoms with E-state index >= 15 is 0 Å². The molecule has 1 aromatic heterocycles. The van der Waals surface area contributed by atoms with Crippen LogP contribution in [0.25, 0.3) is 11.0 Å². The lowest BCUT2D eigenvalue weighted by atomic mass is 9.88. The van der Waals surface area contributed by atoms with E-state index in [0.717, 1.165) is 55.4 Å². The summed E-state index contributed by atoms with van der Waals surface area (Å²) in [5, 5.41) is 5.97. The predicted octanol–water partition coefficient (Wildman–Crippen LogP) is 3.33. The molecule has 3 N–H and O–H groups in total. The van der Waals surface area contributed by atoms with Gasteiger partial charge in [-0.3, -0.25) is 9.59 Å². The minimum atomic E-state index is -0.472. The Morgan fingerprint density at radius 3 is 2.64 bits per heavy atom. The van der Waals surface area contributed by atoms with Crippen LogP contribution in [0.3, 0.4) is 0 Å². The number of benzene rings is 1. The number of carbonyl (C=O) groups is 2. The molecule has 6 heteroatoms. The zero-order valence-corrected chi connectivity index (χ0v) is 17.0. The molecule has 1 aliphatic rings. The lowest BCUT2D eigenvalue weighted by Crippen LogP contribution is -2.51. The molecule has 2 aromatic rings. The van der Waals surface area contributed by atoms with Crippen LogP contribution in [0.15, 0.2) is 24.3 Å². The van der Waals surface area contributed by atoms with Crippen LogP contribution in [0.4, 0.5) is 0 Å². The smallest absolute Gasteiger partial charge is 0.242 e. The fourth-order valence-electron chi connectivity index (χ4n) is 3.87. The van der Waals surface area contributed by atoms with Crippen LogP contribution >= 0.6 is 0 Å². The maximum absolute atomic E-state index is 12.6. The number of rotatable bonds is 8. The molecule has 152 valence electrons. The molecular weight excluding hydrogens is 352 g/mol. The van der Waals surface area contributed by atoms with Gasteiger partial charge in [0.25, 0.3) is 0 Å². The summed E-state index contributed by atoms with van der Waals surface area (Å²) in [5.41, 5.74) is 2.00. The number of nitrogens with zero attached hydrogens (tertiary/aromatic N) is 1. The number of H-pyrrole nitrogens is 1. The number of carbonyl (C=O) groups excluding carboxylic acids is 2. The summed E-state index contributed by atoms with van der Waals surface area (Å²) in [6.07, 6.45) is 6.88. The molecule has 0 aliphatic heterocycles. The topological polar surface area (TPSA) is 86.9 Å². The van der Waals surface area contributed by atoms with Crippen molar-refractivity contribution >= 4 is 22.8 Å². The molecule has 3 rings (SSSR count). The summed E-state index contributed by atoms with van der Waals surface area (Å²) in [6, 6.07) is 7.48. The molecule has 1 heterocycles. The maximum atomic E-state index is 12.6. The number of aromatic amines is 1. The van der Waals surface area contributed by atoms with Gasteiger partial charge in [0, 0.05) is 18.9 Å². The highest BCUT2D eigenvalue weighted by Gasteiger charge is 2.28. The number of nitrogens with one attached hydrogen (secondary N) is 3. The lowest BCUT2D eigenvalue weighted by molar-refractivity contribution is -0.132. The minimum Gasteiger partial charge on any atom is -0.354 e. The van der Waals surface area contributed by atoms with Gasteiger partial charge in [0.15, 0.2) is 0 Å². The van der Waals surface area contributed by atoms with Crippen molar-refractivity contribution in [1.82, 2.24) is 20.6 Å². The van der Waals surface area contributed by atoms with Gasteiger partial charge in [0.1, 0.15) is 11.9 Å². The molecule has 1 atom stereocenters. The van der Waals surface area contributed by atoms with Gasteiger partial charge in [-0.15, -0.1) is 0 Å². The van der Waals surface area contributed by atoms with Crippen LogP contribution in [-0.4, -0.2) is 34.4 Å².